The zero-order valence-electron chi connectivity index (χ0n) is 14.5. The molecule has 0 spiro atoms. The minimum absolute atomic E-state index is 0.0567. The van der Waals surface area contributed by atoms with Crippen molar-refractivity contribution in [1.29, 1.82) is 0 Å². The molecule has 0 bridgehead atoms. The molecule has 2 aliphatic heterocycles. The molecular formula is C18H22N4O4. The largest absolute Gasteiger partial charge is 0.366 e. The summed E-state index contributed by atoms with van der Waals surface area (Å²) in [6, 6.07) is 3.45. The number of nitrogens with zero attached hydrogens (tertiary/aromatic N) is 2. The summed E-state index contributed by atoms with van der Waals surface area (Å²) in [6.07, 6.45) is 4.38. The second-order valence-corrected chi connectivity index (χ2v) is 7.35. The highest BCUT2D eigenvalue weighted by atomic mass is 16.6. The molecule has 26 heavy (non-hydrogen) atoms. The molecular weight excluding hydrogens is 336 g/mol. The molecule has 1 saturated carbocycles. The first kappa shape index (κ1) is 16.8. The minimum atomic E-state index is -0.354. The number of rotatable bonds is 4. The van der Waals surface area contributed by atoms with Gasteiger partial charge in [0.2, 0.25) is 11.8 Å². The quantitative estimate of drug-likeness (QED) is 0.632. The van der Waals surface area contributed by atoms with Gasteiger partial charge in [0.25, 0.3) is 5.69 Å². The number of hydrogen-bond acceptors (Lipinski definition) is 5. The molecule has 138 valence electrons. The van der Waals surface area contributed by atoms with Gasteiger partial charge in [-0.05, 0) is 43.7 Å². The second kappa shape index (κ2) is 6.59. The van der Waals surface area contributed by atoms with Crippen molar-refractivity contribution >= 4 is 28.9 Å². The maximum atomic E-state index is 11.9. The number of benzene rings is 1. The third-order valence-electron chi connectivity index (χ3n) is 5.42. The van der Waals surface area contributed by atoms with E-state index in [1.165, 1.54) is 0 Å². The van der Waals surface area contributed by atoms with E-state index < -0.39 is 0 Å². The highest BCUT2D eigenvalue weighted by Crippen LogP contribution is 2.37. The molecule has 3 aliphatic rings. The van der Waals surface area contributed by atoms with Gasteiger partial charge in [-0.1, -0.05) is 0 Å². The van der Waals surface area contributed by atoms with Crippen molar-refractivity contribution in [2.24, 2.45) is 5.92 Å². The van der Waals surface area contributed by atoms with Crippen LogP contribution < -0.4 is 15.5 Å². The number of carbonyl (C=O) groups excluding carboxylic acids is 2. The number of nitrogens with one attached hydrogen (secondary N) is 2. The summed E-state index contributed by atoms with van der Waals surface area (Å²) >= 11 is 0. The summed E-state index contributed by atoms with van der Waals surface area (Å²) in [4.78, 5) is 36.7. The van der Waals surface area contributed by atoms with Crippen molar-refractivity contribution in [2.75, 3.05) is 23.3 Å². The first-order valence-electron chi connectivity index (χ1n) is 9.18. The molecule has 1 aromatic carbocycles. The highest BCUT2D eigenvalue weighted by molar-refractivity contribution is 5.95. The number of nitro benzene ring substituents is 1. The van der Waals surface area contributed by atoms with Gasteiger partial charge in [-0.2, -0.15) is 0 Å². The number of carbonyl (C=O) groups is 2. The maximum absolute atomic E-state index is 11.9. The van der Waals surface area contributed by atoms with Gasteiger partial charge in [-0.25, -0.2) is 0 Å². The monoisotopic (exact) mass is 358 g/mol. The van der Waals surface area contributed by atoms with Gasteiger partial charge in [0.1, 0.15) is 5.69 Å². The molecule has 0 unspecified atom stereocenters. The summed E-state index contributed by atoms with van der Waals surface area (Å²) < 4.78 is 0. The second-order valence-electron chi connectivity index (χ2n) is 7.35. The van der Waals surface area contributed by atoms with E-state index in [-0.39, 0.29) is 34.4 Å². The van der Waals surface area contributed by atoms with Crippen LogP contribution in [-0.2, 0) is 16.0 Å². The Morgan fingerprint density at radius 2 is 1.92 bits per heavy atom. The molecule has 2 amide bonds. The van der Waals surface area contributed by atoms with E-state index in [9.17, 15) is 19.7 Å². The average Bonchev–Trinajstić information content (AvgIpc) is 3.46. The van der Waals surface area contributed by atoms with Crippen LogP contribution in [0, 0.1) is 16.0 Å². The van der Waals surface area contributed by atoms with Gasteiger partial charge < -0.3 is 15.5 Å². The van der Waals surface area contributed by atoms with E-state index in [0.717, 1.165) is 31.2 Å². The number of fused-ring (bicyclic) bond motifs is 1. The van der Waals surface area contributed by atoms with Gasteiger partial charge in [-0.3, -0.25) is 19.7 Å². The van der Waals surface area contributed by atoms with Crippen LogP contribution in [-0.4, -0.2) is 35.9 Å². The third-order valence-corrected chi connectivity index (χ3v) is 5.42. The molecule has 0 atom stereocenters. The number of aryl methyl sites for hydroxylation is 1. The fourth-order valence-electron chi connectivity index (χ4n) is 3.73. The van der Waals surface area contributed by atoms with Crippen LogP contribution in [0.2, 0.25) is 0 Å². The zero-order chi connectivity index (χ0) is 18.3. The predicted octanol–water partition coefficient (Wildman–Crippen LogP) is 1.97. The molecule has 8 nitrogen and oxygen atoms in total. The normalized spacial score (nSPS) is 20.3. The first-order valence-corrected chi connectivity index (χ1v) is 9.18. The Balaban J connectivity index is 1.50. The fraction of sp³-hybridized carbons (Fsp3) is 0.556. The standard InChI is InChI=1S/C18H22N4O4/c23-17-4-3-12-9-16(22(25)26)15(10-14(12)20-17)21-7-5-13(6-8-21)19-18(24)11-1-2-11/h9-11,13H,1-8H2,(H,19,24)(H,20,23). The molecule has 8 heteroatoms. The van der Waals surface area contributed by atoms with E-state index in [1.807, 2.05) is 4.90 Å². The zero-order valence-corrected chi connectivity index (χ0v) is 14.5. The summed E-state index contributed by atoms with van der Waals surface area (Å²) in [5, 5.41) is 17.4. The highest BCUT2D eigenvalue weighted by Gasteiger charge is 2.33. The van der Waals surface area contributed by atoms with Gasteiger partial charge in [0.05, 0.1) is 4.92 Å². The molecule has 2 heterocycles. The SMILES string of the molecule is O=C1CCc2cc([N+](=O)[O-])c(N3CCC(NC(=O)C4CC4)CC3)cc2N1. The van der Waals surface area contributed by atoms with E-state index >= 15 is 0 Å². The van der Waals surface area contributed by atoms with E-state index in [4.69, 9.17) is 0 Å². The molecule has 2 N–H and O–H groups in total. The molecule has 1 aliphatic carbocycles. The van der Waals surface area contributed by atoms with Crippen molar-refractivity contribution < 1.29 is 14.5 Å². The lowest BCUT2D eigenvalue weighted by Gasteiger charge is -2.34. The summed E-state index contributed by atoms with van der Waals surface area (Å²) in [5.74, 6) is 0.281. The summed E-state index contributed by atoms with van der Waals surface area (Å²) in [5.41, 5.74) is 2.11. The van der Waals surface area contributed by atoms with E-state index in [2.05, 4.69) is 10.6 Å². The van der Waals surface area contributed by atoms with Crippen molar-refractivity contribution in [3.63, 3.8) is 0 Å². The van der Waals surface area contributed by atoms with Crippen LogP contribution in [0.1, 0.15) is 37.7 Å². The van der Waals surface area contributed by atoms with E-state index in [1.54, 1.807) is 12.1 Å². The average molecular weight is 358 g/mol. The molecule has 1 saturated heterocycles. The van der Waals surface area contributed by atoms with Crippen LogP contribution in [0.25, 0.3) is 0 Å². The Morgan fingerprint density at radius 3 is 2.58 bits per heavy atom. The molecule has 1 aromatic rings. The van der Waals surface area contributed by atoms with Crippen molar-refractivity contribution in [1.82, 2.24) is 5.32 Å². The molecule has 0 aromatic heterocycles. The summed E-state index contributed by atoms with van der Waals surface area (Å²) in [7, 11) is 0. The van der Waals surface area contributed by atoms with Crippen LogP contribution in [0.3, 0.4) is 0 Å². The third kappa shape index (κ3) is 3.36. The smallest absolute Gasteiger partial charge is 0.292 e. The van der Waals surface area contributed by atoms with Crippen LogP contribution in [0.5, 0.6) is 0 Å². The molecule has 0 radical (unpaired) electrons. The molecule has 2 fully saturated rings. The fourth-order valence-corrected chi connectivity index (χ4v) is 3.73. The van der Waals surface area contributed by atoms with Crippen molar-refractivity contribution in [3.8, 4) is 0 Å². The number of hydrogen-bond donors (Lipinski definition) is 2. The molecule has 4 rings (SSSR count). The Morgan fingerprint density at radius 1 is 1.19 bits per heavy atom. The van der Waals surface area contributed by atoms with Crippen LogP contribution >= 0.6 is 0 Å². The Labute approximate surface area is 151 Å². The number of amides is 2. The van der Waals surface area contributed by atoms with Gasteiger partial charge in [-0.15, -0.1) is 0 Å². The lowest BCUT2D eigenvalue weighted by molar-refractivity contribution is -0.384. The van der Waals surface area contributed by atoms with Gasteiger partial charge in [0, 0.05) is 43.2 Å². The predicted molar refractivity (Wildman–Crippen MR) is 96.1 cm³/mol. The number of nitro groups is 1. The Kier molecular flexibility index (Phi) is 4.26. The van der Waals surface area contributed by atoms with Crippen molar-refractivity contribution in [3.05, 3.63) is 27.8 Å². The minimum Gasteiger partial charge on any atom is -0.366 e. The first-order chi connectivity index (χ1) is 12.5. The number of piperidine rings is 1. The number of anilines is 2. The topological polar surface area (TPSA) is 105 Å². The van der Waals surface area contributed by atoms with Gasteiger partial charge in [0.15, 0.2) is 0 Å². The van der Waals surface area contributed by atoms with Gasteiger partial charge >= 0.3 is 0 Å². The van der Waals surface area contributed by atoms with E-state index in [0.29, 0.717) is 37.3 Å². The lowest BCUT2D eigenvalue weighted by Crippen LogP contribution is -2.45. The summed E-state index contributed by atoms with van der Waals surface area (Å²) in [6.45, 7) is 1.28. The van der Waals surface area contributed by atoms with Crippen LogP contribution in [0.15, 0.2) is 12.1 Å². The lowest BCUT2D eigenvalue weighted by atomic mass is 9.99. The van der Waals surface area contributed by atoms with Crippen molar-refractivity contribution in [2.45, 2.75) is 44.6 Å². The maximum Gasteiger partial charge on any atom is 0.292 e. The van der Waals surface area contributed by atoms with Crippen LogP contribution in [0.4, 0.5) is 17.1 Å². The Hall–Kier alpha value is -2.64. The Bertz CT molecular complexity index is 767.